The largest absolute Gasteiger partial charge is 0.343 e. The van der Waals surface area contributed by atoms with Gasteiger partial charge in [-0.2, -0.15) is 0 Å². The van der Waals surface area contributed by atoms with Crippen LogP contribution in [0.3, 0.4) is 0 Å². The number of hydrogen-bond donors (Lipinski definition) is 1. The first kappa shape index (κ1) is 11.5. The summed E-state index contributed by atoms with van der Waals surface area (Å²) in [6, 6.07) is 3.24. The Balaban J connectivity index is 1.68. The van der Waals surface area contributed by atoms with Gasteiger partial charge in [0.1, 0.15) is 5.65 Å². The van der Waals surface area contributed by atoms with Crippen molar-refractivity contribution in [1.29, 1.82) is 0 Å². The van der Waals surface area contributed by atoms with Gasteiger partial charge in [0.25, 0.3) is 0 Å². The van der Waals surface area contributed by atoms with Gasteiger partial charge >= 0.3 is 0 Å². The Hall–Kier alpha value is -1.55. The van der Waals surface area contributed by atoms with Gasteiger partial charge in [0.15, 0.2) is 5.43 Å². The lowest BCUT2D eigenvalue weighted by atomic mass is 10.1. The van der Waals surface area contributed by atoms with Crippen molar-refractivity contribution in [2.24, 2.45) is 0 Å². The highest BCUT2D eigenvalue weighted by Crippen LogP contribution is 2.10. The summed E-state index contributed by atoms with van der Waals surface area (Å²) in [4.78, 5) is 17.1. The van der Waals surface area contributed by atoms with Gasteiger partial charge in [0, 0.05) is 43.2 Å². The topological polar surface area (TPSA) is 40.5 Å². The molecule has 18 heavy (non-hydrogen) atoms. The van der Waals surface area contributed by atoms with E-state index in [1.807, 2.05) is 10.6 Å². The second-order valence-corrected chi connectivity index (χ2v) is 5.09. The van der Waals surface area contributed by atoms with Gasteiger partial charge in [-0.05, 0) is 25.9 Å². The van der Waals surface area contributed by atoms with Crippen molar-refractivity contribution < 1.29 is 0 Å². The van der Waals surface area contributed by atoms with Crippen LogP contribution in [0.15, 0.2) is 29.3 Å². The first-order chi connectivity index (χ1) is 8.81. The van der Waals surface area contributed by atoms with E-state index >= 15 is 0 Å². The molecule has 2 aromatic rings. The summed E-state index contributed by atoms with van der Waals surface area (Å²) in [6.45, 7) is 3.58. The van der Waals surface area contributed by atoms with Crippen molar-refractivity contribution in [3.05, 3.63) is 40.4 Å². The SMILES string of the molecule is O=c1ccn2cc(CCN3CCCCC3)[nH]c2c1. The molecule has 4 nitrogen and oxygen atoms in total. The van der Waals surface area contributed by atoms with Crippen LogP contribution >= 0.6 is 0 Å². The number of imidazole rings is 1. The van der Waals surface area contributed by atoms with Crippen molar-refractivity contribution in [2.45, 2.75) is 25.7 Å². The number of pyridine rings is 1. The zero-order chi connectivity index (χ0) is 12.4. The van der Waals surface area contributed by atoms with Crippen LogP contribution in [-0.4, -0.2) is 33.9 Å². The molecule has 4 heteroatoms. The molecule has 0 unspecified atom stereocenters. The van der Waals surface area contributed by atoms with Crippen LogP contribution in [0.1, 0.15) is 25.0 Å². The molecule has 0 atom stereocenters. The van der Waals surface area contributed by atoms with Crippen LogP contribution in [0, 0.1) is 0 Å². The molecule has 0 bridgehead atoms. The van der Waals surface area contributed by atoms with Crippen molar-refractivity contribution in [3.63, 3.8) is 0 Å². The van der Waals surface area contributed by atoms with E-state index in [-0.39, 0.29) is 5.43 Å². The molecule has 96 valence electrons. The smallest absolute Gasteiger partial charge is 0.183 e. The highest BCUT2D eigenvalue weighted by atomic mass is 16.1. The van der Waals surface area contributed by atoms with Crippen molar-refractivity contribution >= 4 is 5.65 Å². The molecule has 1 aliphatic rings. The molecule has 1 fully saturated rings. The maximum Gasteiger partial charge on any atom is 0.183 e. The Kier molecular flexibility index (Phi) is 3.19. The van der Waals surface area contributed by atoms with E-state index in [0.29, 0.717) is 0 Å². The number of fused-ring (bicyclic) bond motifs is 1. The minimum absolute atomic E-state index is 0.0550. The van der Waals surface area contributed by atoms with E-state index in [1.54, 1.807) is 12.1 Å². The summed E-state index contributed by atoms with van der Waals surface area (Å²) >= 11 is 0. The second-order valence-electron chi connectivity index (χ2n) is 5.09. The fraction of sp³-hybridized carbons (Fsp3) is 0.500. The molecule has 0 amide bonds. The Morgan fingerprint density at radius 2 is 2.06 bits per heavy atom. The lowest BCUT2D eigenvalue weighted by molar-refractivity contribution is 0.231. The maximum atomic E-state index is 11.3. The molecule has 0 radical (unpaired) electrons. The molecule has 3 rings (SSSR count). The van der Waals surface area contributed by atoms with Gasteiger partial charge in [-0.25, -0.2) is 0 Å². The van der Waals surface area contributed by atoms with Crippen LogP contribution in [0.2, 0.25) is 0 Å². The number of nitrogens with one attached hydrogen (secondary N) is 1. The third-order valence-corrected chi connectivity index (χ3v) is 3.69. The molecule has 3 heterocycles. The maximum absolute atomic E-state index is 11.3. The van der Waals surface area contributed by atoms with E-state index in [4.69, 9.17) is 0 Å². The summed E-state index contributed by atoms with van der Waals surface area (Å²) < 4.78 is 1.98. The number of likely N-dealkylation sites (tertiary alicyclic amines) is 1. The Labute approximate surface area is 106 Å². The van der Waals surface area contributed by atoms with Gasteiger partial charge in [-0.3, -0.25) is 4.79 Å². The number of aromatic amines is 1. The average Bonchev–Trinajstić information content (AvgIpc) is 2.79. The molecule has 0 saturated carbocycles. The first-order valence-electron chi connectivity index (χ1n) is 6.73. The zero-order valence-electron chi connectivity index (χ0n) is 10.6. The molecule has 1 N–H and O–H groups in total. The number of H-pyrrole nitrogens is 1. The van der Waals surface area contributed by atoms with Gasteiger partial charge in [0.05, 0.1) is 0 Å². The third-order valence-electron chi connectivity index (χ3n) is 3.69. The van der Waals surface area contributed by atoms with E-state index in [1.165, 1.54) is 38.0 Å². The molecule has 0 aliphatic carbocycles. The van der Waals surface area contributed by atoms with Crippen LogP contribution in [0.4, 0.5) is 0 Å². The van der Waals surface area contributed by atoms with Crippen molar-refractivity contribution in [1.82, 2.24) is 14.3 Å². The van der Waals surface area contributed by atoms with Crippen molar-refractivity contribution in [3.8, 4) is 0 Å². The van der Waals surface area contributed by atoms with Crippen LogP contribution < -0.4 is 5.43 Å². The minimum atomic E-state index is 0.0550. The highest BCUT2D eigenvalue weighted by Gasteiger charge is 2.10. The lowest BCUT2D eigenvalue weighted by Gasteiger charge is -2.25. The summed E-state index contributed by atoms with van der Waals surface area (Å²) in [6.07, 6.45) is 8.97. The van der Waals surface area contributed by atoms with Crippen LogP contribution in [-0.2, 0) is 6.42 Å². The van der Waals surface area contributed by atoms with Gasteiger partial charge in [-0.1, -0.05) is 6.42 Å². The van der Waals surface area contributed by atoms with Gasteiger partial charge < -0.3 is 14.3 Å². The van der Waals surface area contributed by atoms with Gasteiger partial charge in [0.2, 0.25) is 0 Å². The quantitative estimate of drug-likeness (QED) is 0.893. The van der Waals surface area contributed by atoms with Crippen molar-refractivity contribution in [2.75, 3.05) is 19.6 Å². The fourth-order valence-electron chi connectivity index (χ4n) is 2.66. The standard InChI is InChI=1S/C14H19N3O/c18-13-5-9-17-11-12(15-14(17)10-13)4-8-16-6-2-1-3-7-16/h5,9-11,15H,1-4,6-8H2. The number of nitrogens with zero attached hydrogens (tertiary/aromatic N) is 2. The molecule has 1 saturated heterocycles. The number of aromatic nitrogens is 2. The van der Waals surface area contributed by atoms with Crippen LogP contribution in [0.5, 0.6) is 0 Å². The van der Waals surface area contributed by atoms with E-state index in [0.717, 1.165) is 18.6 Å². The summed E-state index contributed by atoms with van der Waals surface area (Å²) in [5.74, 6) is 0. The highest BCUT2D eigenvalue weighted by molar-refractivity contribution is 5.39. The third kappa shape index (κ3) is 2.48. The zero-order valence-corrected chi connectivity index (χ0v) is 10.6. The number of rotatable bonds is 3. The molecular formula is C14H19N3O. The second kappa shape index (κ2) is 4.98. The predicted molar refractivity (Wildman–Crippen MR) is 72.0 cm³/mol. The molecule has 1 aliphatic heterocycles. The van der Waals surface area contributed by atoms with Crippen LogP contribution in [0.25, 0.3) is 5.65 Å². The molecular weight excluding hydrogens is 226 g/mol. The summed E-state index contributed by atoms with van der Waals surface area (Å²) in [5.41, 5.74) is 2.14. The first-order valence-corrected chi connectivity index (χ1v) is 6.73. The summed E-state index contributed by atoms with van der Waals surface area (Å²) in [7, 11) is 0. The Morgan fingerprint density at radius 3 is 2.89 bits per heavy atom. The lowest BCUT2D eigenvalue weighted by Crippen LogP contribution is -2.31. The fourth-order valence-corrected chi connectivity index (χ4v) is 2.66. The van der Waals surface area contributed by atoms with Gasteiger partial charge in [-0.15, -0.1) is 0 Å². The van der Waals surface area contributed by atoms with E-state index in [9.17, 15) is 4.79 Å². The number of hydrogen-bond acceptors (Lipinski definition) is 2. The molecule has 2 aromatic heterocycles. The summed E-state index contributed by atoms with van der Waals surface area (Å²) in [5, 5.41) is 0. The number of piperidine rings is 1. The Morgan fingerprint density at radius 1 is 1.22 bits per heavy atom. The normalized spacial score (nSPS) is 17.3. The molecule has 0 spiro atoms. The Bertz CT molecular complexity index is 578. The molecule has 0 aromatic carbocycles. The monoisotopic (exact) mass is 245 g/mol. The van der Waals surface area contributed by atoms with E-state index < -0.39 is 0 Å². The van der Waals surface area contributed by atoms with E-state index in [2.05, 4.69) is 16.1 Å². The predicted octanol–water partition coefficient (Wildman–Crippen LogP) is 1.66. The average molecular weight is 245 g/mol. The minimum Gasteiger partial charge on any atom is -0.343 e.